The van der Waals surface area contributed by atoms with Gasteiger partial charge in [0.15, 0.2) is 6.10 Å². The highest BCUT2D eigenvalue weighted by molar-refractivity contribution is 7.89. The number of primary sulfonamides is 1. The van der Waals surface area contributed by atoms with Crippen molar-refractivity contribution in [3.05, 3.63) is 60.2 Å². The summed E-state index contributed by atoms with van der Waals surface area (Å²) >= 11 is 0. The van der Waals surface area contributed by atoms with Crippen LogP contribution in [-0.2, 0) is 21.2 Å². The molecular weight excluding hydrogens is 328 g/mol. The maximum atomic E-state index is 12.0. The number of carbonyl (C=O) groups is 1. The summed E-state index contributed by atoms with van der Waals surface area (Å²) in [6, 6.07) is 15.4. The van der Waals surface area contributed by atoms with Gasteiger partial charge in [-0.3, -0.25) is 4.79 Å². The fourth-order valence-electron chi connectivity index (χ4n) is 2.08. The van der Waals surface area contributed by atoms with E-state index in [4.69, 9.17) is 9.88 Å². The monoisotopic (exact) mass is 348 g/mol. The molecule has 128 valence electrons. The van der Waals surface area contributed by atoms with E-state index in [0.717, 1.165) is 5.56 Å². The first-order valence-corrected chi connectivity index (χ1v) is 9.02. The van der Waals surface area contributed by atoms with Crippen LogP contribution in [-0.4, -0.2) is 27.0 Å². The lowest BCUT2D eigenvalue weighted by molar-refractivity contribution is -0.127. The van der Waals surface area contributed by atoms with Crippen molar-refractivity contribution < 1.29 is 17.9 Å². The number of hydrogen-bond donors (Lipinski definition) is 2. The van der Waals surface area contributed by atoms with Gasteiger partial charge in [0.2, 0.25) is 10.0 Å². The smallest absolute Gasteiger partial charge is 0.260 e. The summed E-state index contributed by atoms with van der Waals surface area (Å²) in [7, 11) is -3.68. The van der Waals surface area contributed by atoms with Crippen LogP contribution in [0, 0.1) is 0 Å². The highest BCUT2D eigenvalue weighted by Gasteiger charge is 2.14. The molecule has 2 aromatic rings. The normalized spacial score (nSPS) is 12.4. The van der Waals surface area contributed by atoms with Crippen molar-refractivity contribution in [1.82, 2.24) is 5.32 Å². The van der Waals surface area contributed by atoms with Gasteiger partial charge in [-0.05, 0) is 43.2 Å². The fourth-order valence-corrected chi connectivity index (χ4v) is 2.59. The predicted molar refractivity (Wildman–Crippen MR) is 91.1 cm³/mol. The zero-order valence-electron chi connectivity index (χ0n) is 13.3. The van der Waals surface area contributed by atoms with Crippen LogP contribution in [0.25, 0.3) is 0 Å². The number of nitrogens with one attached hydrogen (secondary N) is 1. The third kappa shape index (κ3) is 5.36. The van der Waals surface area contributed by atoms with Gasteiger partial charge in [0.25, 0.3) is 5.91 Å². The molecule has 2 rings (SSSR count). The average molecular weight is 348 g/mol. The van der Waals surface area contributed by atoms with Gasteiger partial charge in [0.05, 0.1) is 4.90 Å². The predicted octanol–water partition coefficient (Wildman–Crippen LogP) is 1.46. The van der Waals surface area contributed by atoms with E-state index in [1.165, 1.54) is 12.1 Å². The van der Waals surface area contributed by atoms with Crippen LogP contribution in [0.4, 0.5) is 0 Å². The van der Waals surface area contributed by atoms with Crippen molar-refractivity contribution in [2.24, 2.45) is 5.14 Å². The quantitative estimate of drug-likeness (QED) is 0.791. The van der Waals surface area contributed by atoms with Crippen LogP contribution in [0.3, 0.4) is 0 Å². The molecule has 0 spiro atoms. The molecule has 0 bridgehead atoms. The first-order chi connectivity index (χ1) is 11.4. The van der Waals surface area contributed by atoms with Gasteiger partial charge < -0.3 is 10.1 Å². The minimum atomic E-state index is -3.68. The number of para-hydroxylation sites is 1. The van der Waals surface area contributed by atoms with Crippen LogP contribution in [0.15, 0.2) is 59.5 Å². The Hall–Kier alpha value is -2.38. The molecule has 0 aromatic heterocycles. The Morgan fingerprint density at radius 1 is 1.12 bits per heavy atom. The van der Waals surface area contributed by atoms with Crippen molar-refractivity contribution in [3.63, 3.8) is 0 Å². The molecule has 0 fully saturated rings. The van der Waals surface area contributed by atoms with Gasteiger partial charge in [-0.1, -0.05) is 30.3 Å². The molecule has 0 radical (unpaired) electrons. The van der Waals surface area contributed by atoms with E-state index in [1.807, 2.05) is 18.2 Å². The van der Waals surface area contributed by atoms with Crippen molar-refractivity contribution in [2.75, 3.05) is 6.54 Å². The summed E-state index contributed by atoms with van der Waals surface area (Å²) in [6.07, 6.45) is -0.0218. The molecule has 24 heavy (non-hydrogen) atoms. The Morgan fingerprint density at radius 3 is 2.33 bits per heavy atom. The second-order valence-corrected chi connectivity index (χ2v) is 6.86. The van der Waals surface area contributed by atoms with E-state index in [9.17, 15) is 13.2 Å². The Labute approximate surface area is 141 Å². The molecule has 0 aliphatic heterocycles. The summed E-state index contributed by atoms with van der Waals surface area (Å²) in [6.45, 7) is 2.11. The SMILES string of the molecule is C[C@H](Oc1ccccc1)C(=O)NCCc1ccc(S(N)(=O)=O)cc1. The minimum absolute atomic E-state index is 0.0696. The van der Waals surface area contributed by atoms with Crippen molar-refractivity contribution in [3.8, 4) is 5.75 Å². The van der Waals surface area contributed by atoms with Gasteiger partial charge in [-0.25, -0.2) is 13.6 Å². The van der Waals surface area contributed by atoms with Crippen molar-refractivity contribution >= 4 is 15.9 Å². The lowest BCUT2D eigenvalue weighted by atomic mass is 10.1. The zero-order chi connectivity index (χ0) is 17.6. The lowest BCUT2D eigenvalue weighted by Gasteiger charge is -2.14. The second-order valence-electron chi connectivity index (χ2n) is 5.30. The number of sulfonamides is 1. The van der Waals surface area contributed by atoms with E-state index >= 15 is 0 Å². The maximum Gasteiger partial charge on any atom is 0.260 e. The van der Waals surface area contributed by atoms with Crippen LogP contribution >= 0.6 is 0 Å². The van der Waals surface area contributed by atoms with Crippen molar-refractivity contribution in [2.45, 2.75) is 24.3 Å². The number of carbonyl (C=O) groups excluding carboxylic acids is 1. The van der Waals surface area contributed by atoms with Gasteiger partial charge in [-0.2, -0.15) is 0 Å². The van der Waals surface area contributed by atoms with E-state index in [0.29, 0.717) is 18.7 Å². The minimum Gasteiger partial charge on any atom is -0.481 e. The Kier molecular flexibility index (Phi) is 5.94. The molecule has 0 unspecified atom stereocenters. The van der Waals surface area contributed by atoms with Gasteiger partial charge in [0.1, 0.15) is 5.75 Å². The average Bonchev–Trinajstić information content (AvgIpc) is 2.55. The molecule has 6 nitrogen and oxygen atoms in total. The lowest BCUT2D eigenvalue weighted by Crippen LogP contribution is -2.37. The molecular formula is C17H20N2O4S. The molecule has 1 amide bonds. The number of amides is 1. The molecule has 0 aliphatic rings. The third-order valence-electron chi connectivity index (χ3n) is 3.39. The second kappa shape index (κ2) is 7.94. The largest absolute Gasteiger partial charge is 0.481 e. The summed E-state index contributed by atoms with van der Waals surface area (Å²) in [5.41, 5.74) is 0.902. The molecule has 3 N–H and O–H groups in total. The van der Waals surface area contributed by atoms with Gasteiger partial charge in [-0.15, -0.1) is 0 Å². The number of nitrogens with two attached hydrogens (primary N) is 1. The van der Waals surface area contributed by atoms with Crippen LogP contribution in [0.5, 0.6) is 5.75 Å². The Morgan fingerprint density at radius 2 is 1.75 bits per heavy atom. The fraction of sp³-hybridized carbons (Fsp3) is 0.235. The molecule has 1 atom stereocenters. The number of rotatable bonds is 7. The number of benzene rings is 2. The van der Waals surface area contributed by atoms with Gasteiger partial charge in [0, 0.05) is 6.54 Å². The highest BCUT2D eigenvalue weighted by atomic mass is 32.2. The third-order valence-corrected chi connectivity index (χ3v) is 4.32. The summed E-state index contributed by atoms with van der Waals surface area (Å²) in [5, 5.41) is 7.83. The van der Waals surface area contributed by atoms with Gasteiger partial charge >= 0.3 is 0 Å². The van der Waals surface area contributed by atoms with Crippen LogP contribution in [0.2, 0.25) is 0 Å². The first kappa shape index (κ1) is 18.0. The number of hydrogen-bond acceptors (Lipinski definition) is 4. The first-order valence-electron chi connectivity index (χ1n) is 7.47. The Balaban J connectivity index is 1.80. The van der Waals surface area contributed by atoms with Crippen LogP contribution in [0.1, 0.15) is 12.5 Å². The standard InChI is InChI=1S/C17H20N2O4S/c1-13(23-15-5-3-2-4-6-15)17(20)19-12-11-14-7-9-16(10-8-14)24(18,21)22/h2-10,13H,11-12H2,1H3,(H,19,20)(H2,18,21,22)/t13-/m0/s1. The van der Waals surface area contributed by atoms with Crippen molar-refractivity contribution in [1.29, 1.82) is 0 Å². The molecule has 0 heterocycles. The maximum absolute atomic E-state index is 12.0. The highest BCUT2D eigenvalue weighted by Crippen LogP contribution is 2.11. The zero-order valence-corrected chi connectivity index (χ0v) is 14.1. The number of ether oxygens (including phenoxy) is 1. The molecule has 7 heteroatoms. The molecule has 0 saturated carbocycles. The summed E-state index contributed by atoms with van der Waals surface area (Å²) in [5.74, 6) is 0.429. The molecule has 2 aromatic carbocycles. The van der Waals surface area contributed by atoms with Crippen LogP contribution < -0.4 is 15.2 Å². The van der Waals surface area contributed by atoms with E-state index in [2.05, 4.69) is 5.32 Å². The molecule has 0 aliphatic carbocycles. The van der Waals surface area contributed by atoms with E-state index < -0.39 is 16.1 Å². The summed E-state index contributed by atoms with van der Waals surface area (Å²) in [4.78, 5) is 12.1. The Bertz CT molecular complexity index is 774. The summed E-state index contributed by atoms with van der Waals surface area (Å²) < 4.78 is 27.9. The van der Waals surface area contributed by atoms with E-state index in [-0.39, 0.29) is 10.8 Å². The molecule has 0 saturated heterocycles. The topological polar surface area (TPSA) is 98.5 Å². The van der Waals surface area contributed by atoms with E-state index in [1.54, 1.807) is 31.2 Å².